The van der Waals surface area contributed by atoms with Crippen molar-refractivity contribution in [3.63, 3.8) is 0 Å². The predicted molar refractivity (Wildman–Crippen MR) is 123 cm³/mol. The summed E-state index contributed by atoms with van der Waals surface area (Å²) in [7, 11) is 1.80. The first kappa shape index (κ1) is 20.9. The third-order valence-corrected chi connectivity index (χ3v) is 6.35. The van der Waals surface area contributed by atoms with Gasteiger partial charge in [-0.25, -0.2) is 9.97 Å². The van der Waals surface area contributed by atoms with Gasteiger partial charge in [0, 0.05) is 31.9 Å². The van der Waals surface area contributed by atoms with Crippen LogP contribution in [0.25, 0.3) is 0 Å². The van der Waals surface area contributed by atoms with Gasteiger partial charge >= 0.3 is 0 Å². The SMILES string of the molecule is Cn1cc(Nc2nc(N3CCC[C@H]4[C@@H]3CCN4C(=O)c3ccccc3)cnc2C(N)=O)cn1. The van der Waals surface area contributed by atoms with Gasteiger partial charge in [-0.05, 0) is 31.4 Å². The molecule has 2 saturated heterocycles. The molecule has 170 valence electrons. The summed E-state index contributed by atoms with van der Waals surface area (Å²) in [6, 6.07) is 9.67. The number of nitrogens with zero attached hydrogens (tertiary/aromatic N) is 6. The van der Waals surface area contributed by atoms with Crippen molar-refractivity contribution >= 4 is 29.1 Å². The second kappa shape index (κ2) is 8.53. The Hall–Kier alpha value is -3.95. The van der Waals surface area contributed by atoms with Crippen molar-refractivity contribution in [1.82, 2.24) is 24.6 Å². The van der Waals surface area contributed by atoms with Crippen LogP contribution in [-0.2, 0) is 7.05 Å². The Labute approximate surface area is 191 Å². The topological polar surface area (TPSA) is 122 Å². The van der Waals surface area contributed by atoms with Gasteiger partial charge in [-0.3, -0.25) is 14.3 Å². The first-order valence-electron chi connectivity index (χ1n) is 11.1. The minimum absolute atomic E-state index is 0.0686. The first-order valence-corrected chi connectivity index (χ1v) is 11.1. The summed E-state index contributed by atoms with van der Waals surface area (Å²) < 4.78 is 1.65. The summed E-state index contributed by atoms with van der Waals surface area (Å²) in [6.45, 7) is 1.51. The van der Waals surface area contributed by atoms with E-state index in [4.69, 9.17) is 10.7 Å². The monoisotopic (exact) mass is 446 g/mol. The van der Waals surface area contributed by atoms with Crippen LogP contribution in [0.1, 0.15) is 40.1 Å². The molecular weight excluding hydrogens is 420 g/mol. The van der Waals surface area contributed by atoms with Crippen LogP contribution in [0.4, 0.5) is 17.3 Å². The Morgan fingerprint density at radius 3 is 2.64 bits per heavy atom. The number of primary amides is 1. The Balaban J connectivity index is 1.41. The van der Waals surface area contributed by atoms with Gasteiger partial charge in [0.2, 0.25) is 0 Å². The maximum absolute atomic E-state index is 13.1. The van der Waals surface area contributed by atoms with E-state index in [1.54, 1.807) is 30.3 Å². The standard InChI is InChI=1S/C23H26N8O2/c1-29-14-16(12-26-29)27-22-20(21(24)32)25-13-19(28-22)30-10-5-8-17-18(30)9-11-31(17)23(33)15-6-3-2-4-7-15/h2-4,6-7,12-14,17-18H,5,8-11H2,1H3,(H2,24,32)(H,27,28)/t17-,18-/m0/s1. The van der Waals surface area contributed by atoms with Crippen molar-refractivity contribution < 1.29 is 9.59 Å². The summed E-state index contributed by atoms with van der Waals surface area (Å²) >= 11 is 0. The Morgan fingerprint density at radius 1 is 1.09 bits per heavy atom. The second-order valence-corrected chi connectivity index (χ2v) is 8.44. The number of rotatable bonds is 5. The maximum atomic E-state index is 13.1. The lowest BCUT2D eigenvalue weighted by Gasteiger charge is -2.40. The maximum Gasteiger partial charge on any atom is 0.271 e. The molecule has 0 aliphatic carbocycles. The minimum atomic E-state index is -0.655. The summed E-state index contributed by atoms with van der Waals surface area (Å²) in [4.78, 5) is 38.3. The van der Waals surface area contributed by atoms with Crippen molar-refractivity contribution in [2.24, 2.45) is 12.8 Å². The Bertz CT molecular complexity index is 1180. The average molecular weight is 447 g/mol. The quantitative estimate of drug-likeness (QED) is 0.614. The smallest absolute Gasteiger partial charge is 0.271 e. The predicted octanol–water partition coefficient (Wildman–Crippen LogP) is 1.94. The van der Waals surface area contributed by atoms with Crippen molar-refractivity contribution in [3.8, 4) is 0 Å². The van der Waals surface area contributed by atoms with E-state index in [0.717, 1.165) is 25.8 Å². The van der Waals surface area contributed by atoms with E-state index in [-0.39, 0.29) is 23.7 Å². The summed E-state index contributed by atoms with van der Waals surface area (Å²) in [6.07, 6.45) is 7.75. The number of benzene rings is 1. The normalized spacial score (nSPS) is 19.9. The molecule has 0 radical (unpaired) electrons. The van der Waals surface area contributed by atoms with Gasteiger partial charge in [0.05, 0.1) is 30.2 Å². The van der Waals surface area contributed by atoms with Crippen molar-refractivity contribution in [2.45, 2.75) is 31.3 Å². The fraction of sp³-hybridized carbons (Fsp3) is 0.348. The molecule has 3 aromatic rings. The number of amides is 2. The highest BCUT2D eigenvalue weighted by atomic mass is 16.2. The second-order valence-electron chi connectivity index (χ2n) is 8.44. The minimum Gasteiger partial charge on any atom is -0.364 e. The molecule has 1 aromatic carbocycles. The molecule has 5 rings (SSSR count). The number of aryl methyl sites for hydroxylation is 1. The highest BCUT2D eigenvalue weighted by Crippen LogP contribution is 2.35. The van der Waals surface area contributed by atoms with Crippen LogP contribution in [0, 0.1) is 0 Å². The lowest BCUT2D eigenvalue weighted by Crippen LogP contribution is -2.51. The number of hydrogen-bond acceptors (Lipinski definition) is 7. The number of piperidine rings is 1. The molecule has 0 spiro atoms. The summed E-state index contributed by atoms with van der Waals surface area (Å²) in [5.74, 6) is 0.372. The zero-order valence-electron chi connectivity index (χ0n) is 18.4. The molecule has 2 atom stereocenters. The van der Waals surface area contributed by atoms with Gasteiger partial charge in [0.15, 0.2) is 11.5 Å². The van der Waals surface area contributed by atoms with Gasteiger partial charge in [0.1, 0.15) is 5.82 Å². The van der Waals surface area contributed by atoms with E-state index in [2.05, 4.69) is 20.3 Å². The third kappa shape index (κ3) is 3.99. The molecule has 2 aliphatic rings. The van der Waals surface area contributed by atoms with E-state index in [0.29, 0.717) is 29.4 Å². The molecule has 33 heavy (non-hydrogen) atoms. The van der Waals surface area contributed by atoms with Crippen LogP contribution in [0.2, 0.25) is 0 Å². The van der Waals surface area contributed by atoms with Crippen molar-refractivity contribution in [1.29, 1.82) is 0 Å². The number of hydrogen-bond donors (Lipinski definition) is 2. The molecule has 2 fully saturated rings. The van der Waals surface area contributed by atoms with Crippen LogP contribution >= 0.6 is 0 Å². The Kier molecular flexibility index (Phi) is 5.41. The lowest BCUT2D eigenvalue weighted by atomic mass is 9.96. The van der Waals surface area contributed by atoms with Gasteiger partial charge in [-0.2, -0.15) is 5.10 Å². The third-order valence-electron chi connectivity index (χ3n) is 6.35. The van der Waals surface area contributed by atoms with Gasteiger partial charge in [-0.15, -0.1) is 0 Å². The van der Waals surface area contributed by atoms with Crippen LogP contribution in [0.15, 0.2) is 48.9 Å². The Morgan fingerprint density at radius 2 is 1.91 bits per heavy atom. The molecule has 0 bridgehead atoms. The molecule has 2 aromatic heterocycles. The zero-order valence-corrected chi connectivity index (χ0v) is 18.4. The van der Waals surface area contributed by atoms with E-state index >= 15 is 0 Å². The number of fused-ring (bicyclic) bond motifs is 1. The zero-order chi connectivity index (χ0) is 22.9. The number of likely N-dealkylation sites (tertiary alicyclic amines) is 1. The molecular formula is C23H26N8O2. The molecule has 2 amide bonds. The van der Waals surface area contributed by atoms with Gasteiger partial charge in [0.25, 0.3) is 11.8 Å². The van der Waals surface area contributed by atoms with Crippen molar-refractivity contribution in [3.05, 3.63) is 60.2 Å². The van der Waals surface area contributed by atoms with Crippen LogP contribution in [0.3, 0.4) is 0 Å². The largest absolute Gasteiger partial charge is 0.364 e. The molecule has 10 heteroatoms. The molecule has 0 saturated carbocycles. The number of anilines is 3. The number of nitrogens with one attached hydrogen (secondary N) is 1. The van der Waals surface area contributed by atoms with Gasteiger partial charge < -0.3 is 20.9 Å². The fourth-order valence-corrected chi connectivity index (χ4v) is 4.88. The lowest BCUT2D eigenvalue weighted by molar-refractivity contribution is 0.0713. The molecule has 10 nitrogen and oxygen atoms in total. The first-order chi connectivity index (χ1) is 16.0. The number of carbonyl (C=O) groups is 2. The fourth-order valence-electron chi connectivity index (χ4n) is 4.88. The molecule has 2 aliphatic heterocycles. The number of carbonyl (C=O) groups excluding carboxylic acids is 2. The highest BCUT2D eigenvalue weighted by Gasteiger charge is 2.43. The van der Waals surface area contributed by atoms with E-state index in [1.165, 1.54) is 0 Å². The van der Waals surface area contributed by atoms with Gasteiger partial charge in [-0.1, -0.05) is 18.2 Å². The van der Waals surface area contributed by atoms with E-state index < -0.39 is 5.91 Å². The van der Waals surface area contributed by atoms with Crippen LogP contribution in [-0.4, -0.2) is 61.6 Å². The average Bonchev–Trinajstić information content (AvgIpc) is 3.44. The van der Waals surface area contributed by atoms with E-state index in [1.807, 2.05) is 35.2 Å². The molecule has 3 N–H and O–H groups in total. The molecule has 4 heterocycles. The highest BCUT2D eigenvalue weighted by molar-refractivity contribution is 5.96. The van der Waals surface area contributed by atoms with E-state index in [9.17, 15) is 9.59 Å². The summed E-state index contributed by atoms with van der Waals surface area (Å²) in [5, 5.41) is 7.25. The number of nitrogens with two attached hydrogens (primary N) is 1. The molecule has 0 unspecified atom stereocenters. The summed E-state index contributed by atoms with van der Waals surface area (Å²) in [5.41, 5.74) is 7.00. The van der Waals surface area contributed by atoms with Crippen molar-refractivity contribution in [2.75, 3.05) is 23.3 Å². The number of aromatic nitrogens is 4. The van der Waals surface area contributed by atoms with Crippen LogP contribution in [0.5, 0.6) is 0 Å². The van der Waals surface area contributed by atoms with Crippen LogP contribution < -0.4 is 16.0 Å².